The highest BCUT2D eigenvalue weighted by Gasteiger charge is 2.27. The Morgan fingerprint density at radius 3 is 2.15 bits per heavy atom. The zero-order valence-electron chi connectivity index (χ0n) is 16.7. The van der Waals surface area contributed by atoms with Crippen LogP contribution in [0.2, 0.25) is 0 Å². The molecule has 0 aromatic heterocycles. The van der Waals surface area contributed by atoms with Crippen LogP contribution in [0.15, 0.2) is 24.3 Å². The van der Waals surface area contributed by atoms with Crippen molar-refractivity contribution in [1.82, 2.24) is 5.32 Å². The van der Waals surface area contributed by atoms with Gasteiger partial charge in [0.25, 0.3) is 0 Å². The molecule has 1 aromatic carbocycles. The Morgan fingerprint density at radius 1 is 1.00 bits per heavy atom. The van der Waals surface area contributed by atoms with Crippen LogP contribution in [0.3, 0.4) is 0 Å². The average molecular weight is 359 g/mol. The zero-order valence-corrected chi connectivity index (χ0v) is 16.7. The molecule has 0 heterocycles. The Morgan fingerprint density at radius 2 is 1.62 bits per heavy atom. The van der Waals surface area contributed by atoms with Crippen LogP contribution in [0.1, 0.15) is 77.7 Å². The lowest BCUT2D eigenvalue weighted by molar-refractivity contribution is -0.130. The number of carbonyl (C=O) groups excluding carboxylic acids is 2. The fourth-order valence-electron chi connectivity index (χ4n) is 3.54. The first kappa shape index (κ1) is 20.5. The van der Waals surface area contributed by atoms with Gasteiger partial charge in [0.15, 0.2) is 0 Å². The van der Waals surface area contributed by atoms with Crippen LogP contribution in [0.5, 0.6) is 0 Å². The molecule has 1 atom stereocenters. The summed E-state index contributed by atoms with van der Waals surface area (Å²) in [5.41, 5.74) is 2.02. The highest BCUT2D eigenvalue weighted by atomic mass is 16.2. The number of nitrogens with one attached hydrogen (secondary N) is 2. The molecule has 2 amide bonds. The van der Waals surface area contributed by atoms with Crippen LogP contribution in [-0.2, 0) is 9.59 Å². The molecule has 4 nitrogen and oxygen atoms in total. The first-order valence-electron chi connectivity index (χ1n) is 10.1. The number of rotatable bonds is 7. The van der Waals surface area contributed by atoms with Crippen molar-refractivity contribution in [3.63, 3.8) is 0 Å². The van der Waals surface area contributed by atoms with Gasteiger partial charge in [0.2, 0.25) is 11.8 Å². The van der Waals surface area contributed by atoms with E-state index in [1.165, 1.54) is 12.0 Å². The Kier molecular flexibility index (Phi) is 7.67. The van der Waals surface area contributed by atoms with Crippen molar-refractivity contribution in [3.05, 3.63) is 29.8 Å². The van der Waals surface area contributed by atoms with Gasteiger partial charge in [0.1, 0.15) is 6.04 Å². The number of anilines is 1. The minimum Gasteiger partial charge on any atom is -0.344 e. The van der Waals surface area contributed by atoms with Gasteiger partial charge in [-0.15, -0.1) is 0 Å². The van der Waals surface area contributed by atoms with Crippen molar-refractivity contribution in [3.8, 4) is 0 Å². The molecule has 1 aliphatic carbocycles. The topological polar surface area (TPSA) is 58.2 Å². The molecule has 0 saturated heterocycles. The Hall–Kier alpha value is -1.84. The molecule has 1 aromatic rings. The molecule has 144 valence electrons. The minimum atomic E-state index is -0.478. The van der Waals surface area contributed by atoms with E-state index in [4.69, 9.17) is 0 Å². The summed E-state index contributed by atoms with van der Waals surface area (Å²) >= 11 is 0. The lowest BCUT2D eigenvalue weighted by atomic mass is 9.88. The first-order valence-corrected chi connectivity index (χ1v) is 10.1. The summed E-state index contributed by atoms with van der Waals surface area (Å²) in [6, 6.07) is 7.47. The lowest BCUT2D eigenvalue weighted by Crippen LogP contribution is -2.47. The highest BCUT2D eigenvalue weighted by Crippen LogP contribution is 2.24. The van der Waals surface area contributed by atoms with E-state index in [9.17, 15) is 9.59 Å². The van der Waals surface area contributed by atoms with Crippen molar-refractivity contribution in [2.45, 2.75) is 78.2 Å². The van der Waals surface area contributed by atoms with Gasteiger partial charge in [-0.1, -0.05) is 59.1 Å². The maximum Gasteiger partial charge on any atom is 0.246 e. The van der Waals surface area contributed by atoms with E-state index in [1.807, 2.05) is 24.3 Å². The summed E-state index contributed by atoms with van der Waals surface area (Å²) in [4.78, 5) is 25.3. The monoisotopic (exact) mass is 358 g/mol. The Balaban J connectivity index is 2.00. The number of hydrogen-bond donors (Lipinski definition) is 2. The second-order valence-electron chi connectivity index (χ2n) is 8.29. The van der Waals surface area contributed by atoms with Crippen LogP contribution in [0, 0.1) is 11.8 Å². The molecule has 2 N–H and O–H groups in total. The second-order valence-corrected chi connectivity index (χ2v) is 8.29. The standard InChI is InChI=1S/C22H34N2O2/c1-15(2)14-20(24-21(25)18-8-6-5-7-9-18)22(26)23-19-12-10-17(11-13-19)16(3)4/h10-13,15-16,18,20H,5-9,14H2,1-4H3,(H,23,26)(H,24,25)/t20-/m1/s1. The van der Waals surface area contributed by atoms with Gasteiger partial charge in [-0.25, -0.2) is 0 Å². The van der Waals surface area contributed by atoms with Crippen molar-refractivity contribution in [2.75, 3.05) is 5.32 Å². The first-order chi connectivity index (χ1) is 12.4. The fraction of sp³-hybridized carbons (Fsp3) is 0.636. The van der Waals surface area contributed by atoms with Gasteiger partial charge in [0, 0.05) is 11.6 Å². The quantitative estimate of drug-likeness (QED) is 0.731. The number of carbonyl (C=O) groups is 2. The molecule has 26 heavy (non-hydrogen) atoms. The Bertz CT molecular complexity index is 587. The summed E-state index contributed by atoms with van der Waals surface area (Å²) in [6.07, 6.45) is 5.97. The van der Waals surface area contributed by atoms with Crippen LogP contribution < -0.4 is 10.6 Å². The van der Waals surface area contributed by atoms with Gasteiger partial charge in [-0.2, -0.15) is 0 Å². The van der Waals surface area contributed by atoms with Gasteiger partial charge >= 0.3 is 0 Å². The summed E-state index contributed by atoms with van der Waals surface area (Å²) in [5, 5.41) is 5.98. The molecule has 2 rings (SSSR count). The third kappa shape index (κ3) is 6.15. The van der Waals surface area contributed by atoms with Crippen molar-refractivity contribution >= 4 is 17.5 Å². The van der Waals surface area contributed by atoms with Crippen molar-refractivity contribution < 1.29 is 9.59 Å². The van der Waals surface area contributed by atoms with Crippen LogP contribution in [0.25, 0.3) is 0 Å². The third-order valence-corrected chi connectivity index (χ3v) is 5.16. The van der Waals surface area contributed by atoms with E-state index in [1.54, 1.807) is 0 Å². The van der Waals surface area contributed by atoms with Crippen LogP contribution in [0.4, 0.5) is 5.69 Å². The van der Waals surface area contributed by atoms with E-state index in [0.29, 0.717) is 18.3 Å². The van der Waals surface area contributed by atoms with E-state index < -0.39 is 6.04 Å². The largest absolute Gasteiger partial charge is 0.344 e. The van der Waals surface area contributed by atoms with Gasteiger partial charge in [-0.05, 0) is 48.8 Å². The SMILES string of the molecule is CC(C)C[C@@H](NC(=O)C1CCCCC1)C(=O)Nc1ccc(C(C)C)cc1. The summed E-state index contributed by atoms with van der Waals surface area (Å²) in [5.74, 6) is 0.779. The molecule has 0 radical (unpaired) electrons. The van der Waals surface area contributed by atoms with Crippen molar-refractivity contribution in [1.29, 1.82) is 0 Å². The average Bonchev–Trinajstić information content (AvgIpc) is 2.62. The van der Waals surface area contributed by atoms with E-state index in [0.717, 1.165) is 31.4 Å². The van der Waals surface area contributed by atoms with Crippen molar-refractivity contribution in [2.24, 2.45) is 11.8 Å². The van der Waals surface area contributed by atoms with Crippen LogP contribution >= 0.6 is 0 Å². The predicted molar refractivity (Wildman–Crippen MR) is 107 cm³/mol. The van der Waals surface area contributed by atoms with Gasteiger partial charge < -0.3 is 10.6 Å². The fourth-order valence-corrected chi connectivity index (χ4v) is 3.54. The molecule has 0 aliphatic heterocycles. The summed E-state index contributed by atoms with van der Waals surface area (Å²) in [6.45, 7) is 8.44. The Labute approximate surface area is 158 Å². The highest BCUT2D eigenvalue weighted by molar-refractivity contribution is 5.97. The predicted octanol–water partition coefficient (Wildman–Crippen LogP) is 4.86. The van der Waals surface area contributed by atoms with Crippen LogP contribution in [-0.4, -0.2) is 17.9 Å². The molecule has 0 bridgehead atoms. The number of hydrogen-bond acceptors (Lipinski definition) is 2. The maximum atomic E-state index is 12.8. The number of benzene rings is 1. The van der Waals surface area contributed by atoms with Gasteiger partial charge in [-0.3, -0.25) is 9.59 Å². The molecule has 1 saturated carbocycles. The lowest BCUT2D eigenvalue weighted by Gasteiger charge is -2.25. The third-order valence-electron chi connectivity index (χ3n) is 5.16. The van der Waals surface area contributed by atoms with E-state index in [2.05, 4.69) is 38.3 Å². The van der Waals surface area contributed by atoms with E-state index in [-0.39, 0.29) is 17.7 Å². The van der Waals surface area contributed by atoms with E-state index >= 15 is 0 Å². The second kappa shape index (κ2) is 9.75. The molecule has 0 unspecified atom stereocenters. The summed E-state index contributed by atoms with van der Waals surface area (Å²) < 4.78 is 0. The number of amides is 2. The molecule has 1 aliphatic rings. The molecular formula is C22H34N2O2. The minimum absolute atomic E-state index is 0.0423. The maximum absolute atomic E-state index is 12.8. The zero-order chi connectivity index (χ0) is 19.1. The summed E-state index contributed by atoms with van der Waals surface area (Å²) in [7, 11) is 0. The van der Waals surface area contributed by atoms with Gasteiger partial charge in [0.05, 0.1) is 0 Å². The smallest absolute Gasteiger partial charge is 0.246 e. The molecule has 0 spiro atoms. The molecular weight excluding hydrogens is 324 g/mol. The molecule has 4 heteroatoms. The molecule has 1 fully saturated rings. The normalized spacial score (nSPS) is 16.5.